The highest BCUT2D eigenvalue weighted by molar-refractivity contribution is 7.14. The van der Waals surface area contributed by atoms with E-state index in [1.165, 1.54) is 19.2 Å². The molecule has 15 nitrogen and oxygen atoms in total. The fourth-order valence-electron chi connectivity index (χ4n) is 3.14. The normalized spacial score (nSPS) is 17.9. The van der Waals surface area contributed by atoms with Gasteiger partial charge in [0.1, 0.15) is 25.4 Å². The maximum absolute atomic E-state index is 13.3. The van der Waals surface area contributed by atoms with Gasteiger partial charge < -0.3 is 25.3 Å². The van der Waals surface area contributed by atoms with E-state index in [-0.39, 0.29) is 23.1 Å². The molecule has 2 atom stereocenters. The number of hydrogen-bond donors (Lipinski definition) is 4. The quantitative estimate of drug-likeness (QED) is 0.133. The molecule has 0 saturated carbocycles. The number of amides is 3. The molecule has 0 aliphatic carbocycles. The van der Waals surface area contributed by atoms with Crippen molar-refractivity contribution >= 4 is 59.4 Å². The van der Waals surface area contributed by atoms with Crippen LogP contribution in [0.25, 0.3) is 0 Å². The van der Waals surface area contributed by atoms with Crippen LogP contribution in [0.2, 0.25) is 19.6 Å². The lowest BCUT2D eigenvalue weighted by Crippen LogP contribution is -2.70. The van der Waals surface area contributed by atoms with E-state index in [1.54, 1.807) is 25.5 Å². The van der Waals surface area contributed by atoms with Crippen molar-refractivity contribution in [3.8, 4) is 0 Å². The Morgan fingerprint density at radius 1 is 1.23 bits per heavy atom. The number of rotatable bonds is 10. The second-order valence-electron chi connectivity index (χ2n) is 11.7. The number of oxime groups is 1. The SMILES string of the molecule is CC(C)(C)OC(=O)Nc1nc(/C(=N/OC(C)(C)C(=O)O)C(=O)N[C@@H]2C(=O)N[C@@H]2Cn2cc([Si](C)(C)C)nn2)cs1. The molecule has 1 saturated heterocycles. The van der Waals surface area contributed by atoms with Crippen molar-refractivity contribution < 1.29 is 33.9 Å². The Morgan fingerprint density at radius 3 is 2.45 bits per heavy atom. The van der Waals surface area contributed by atoms with Gasteiger partial charge in [0.25, 0.3) is 5.91 Å². The predicted octanol–water partition coefficient (Wildman–Crippen LogP) is 0.894. The Bertz CT molecular complexity index is 1320. The summed E-state index contributed by atoms with van der Waals surface area (Å²) in [5, 5.41) is 31.8. The molecule has 218 valence electrons. The largest absolute Gasteiger partial charge is 0.478 e. The molecule has 0 unspecified atom stereocenters. The van der Waals surface area contributed by atoms with Crippen LogP contribution in [0, 0.1) is 0 Å². The first kappa shape index (κ1) is 30.7. The molecular formula is C23H34N8O7SSi. The summed E-state index contributed by atoms with van der Waals surface area (Å²) in [5.74, 6) is -2.56. The van der Waals surface area contributed by atoms with Gasteiger partial charge in [-0.1, -0.05) is 30.0 Å². The van der Waals surface area contributed by atoms with Crippen LogP contribution in [0.15, 0.2) is 16.7 Å². The van der Waals surface area contributed by atoms with Crippen molar-refractivity contribution in [3.63, 3.8) is 0 Å². The topological polar surface area (TPSA) is 199 Å². The summed E-state index contributed by atoms with van der Waals surface area (Å²) in [6, 6.07) is -1.41. The van der Waals surface area contributed by atoms with Crippen LogP contribution < -0.4 is 21.3 Å². The number of aromatic nitrogens is 4. The zero-order valence-electron chi connectivity index (χ0n) is 23.6. The van der Waals surface area contributed by atoms with Crippen LogP contribution >= 0.6 is 11.3 Å². The minimum absolute atomic E-state index is 0.0120. The van der Waals surface area contributed by atoms with Gasteiger partial charge in [0, 0.05) is 11.6 Å². The van der Waals surface area contributed by atoms with Crippen LogP contribution in [0.1, 0.15) is 40.3 Å². The van der Waals surface area contributed by atoms with Crippen LogP contribution in [0.4, 0.5) is 9.93 Å². The third kappa shape index (κ3) is 7.84. The molecule has 2 aromatic rings. The number of β-lactam (4-membered cyclic amide) rings is 1. The van der Waals surface area contributed by atoms with E-state index in [1.807, 2.05) is 6.20 Å². The van der Waals surface area contributed by atoms with Gasteiger partial charge in [-0.3, -0.25) is 19.6 Å². The van der Waals surface area contributed by atoms with Gasteiger partial charge in [-0.25, -0.2) is 14.6 Å². The number of carboxylic acid groups (broad SMARTS) is 1. The van der Waals surface area contributed by atoms with Gasteiger partial charge in [-0.05, 0) is 34.6 Å². The lowest BCUT2D eigenvalue weighted by molar-refractivity contribution is -0.161. The third-order valence-electron chi connectivity index (χ3n) is 5.44. The van der Waals surface area contributed by atoms with Gasteiger partial charge in [-0.2, -0.15) is 0 Å². The number of carbonyl (C=O) groups excluding carboxylic acids is 3. The summed E-state index contributed by atoms with van der Waals surface area (Å²) in [4.78, 5) is 58.6. The lowest BCUT2D eigenvalue weighted by Gasteiger charge is -2.36. The average Bonchev–Trinajstić information content (AvgIpc) is 3.46. The number of aliphatic carboxylic acids is 1. The molecule has 0 spiro atoms. The smallest absolute Gasteiger partial charge is 0.413 e. The third-order valence-corrected chi connectivity index (χ3v) is 7.96. The number of nitrogens with one attached hydrogen (secondary N) is 3. The maximum Gasteiger partial charge on any atom is 0.413 e. The molecular weight excluding hydrogens is 560 g/mol. The summed E-state index contributed by atoms with van der Waals surface area (Å²) in [7, 11) is -1.68. The van der Waals surface area contributed by atoms with E-state index in [2.05, 4.69) is 56.0 Å². The number of anilines is 1. The molecule has 1 aliphatic heterocycles. The van der Waals surface area contributed by atoms with Gasteiger partial charge in [0.15, 0.2) is 10.8 Å². The molecule has 2 aromatic heterocycles. The number of hydrogen-bond acceptors (Lipinski definition) is 11. The molecule has 0 bridgehead atoms. The van der Waals surface area contributed by atoms with Gasteiger partial charge in [0.05, 0.1) is 17.9 Å². The van der Waals surface area contributed by atoms with Gasteiger partial charge >= 0.3 is 12.1 Å². The summed E-state index contributed by atoms with van der Waals surface area (Å²) in [6.45, 7) is 14.3. The second-order valence-corrected chi connectivity index (χ2v) is 17.5. The first-order valence-electron chi connectivity index (χ1n) is 12.3. The Kier molecular flexibility index (Phi) is 8.68. The highest BCUT2D eigenvalue weighted by Gasteiger charge is 2.42. The predicted molar refractivity (Wildman–Crippen MR) is 148 cm³/mol. The van der Waals surface area contributed by atoms with Crippen LogP contribution in [0.5, 0.6) is 0 Å². The summed E-state index contributed by atoms with van der Waals surface area (Å²) in [6.07, 6.45) is 1.08. The Labute approximate surface area is 235 Å². The fourth-order valence-corrected chi connectivity index (χ4v) is 4.70. The summed E-state index contributed by atoms with van der Waals surface area (Å²) in [5.41, 5.74) is -2.91. The van der Waals surface area contributed by atoms with E-state index in [4.69, 9.17) is 9.57 Å². The first-order chi connectivity index (χ1) is 18.4. The van der Waals surface area contributed by atoms with Crippen molar-refractivity contribution in [2.75, 3.05) is 5.32 Å². The highest BCUT2D eigenvalue weighted by Crippen LogP contribution is 2.20. The Balaban J connectivity index is 1.79. The zero-order valence-corrected chi connectivity index (χ0v) is 25.4. The van der Waals surface area contributed by atoms with E-state index >= 15 is 0 Å². The van der Waals surface area contributed by atoms with E-state index < -0.39 is 55.2 Å². The molecule has 1 aliphatic rings. The first-order valence-corrected chi connectivity index (χ1v) is 16.7. The summed E-state index contributed by atoms with van der Waals surface area (Å²) < 4.78 is 6.82. The molecule has 0 radical (unpaired) electrons. The minimum atomic E-state index is -1.77. The van der Waals surface area contributed by atoms with Crippen molar-refractivity contribution in [1.82, 2.24) is 30.6 Å². The molecule has 3 rings (SSSR count). The number of nitrogens with zero attached hydrogens (tertiary/aromatic N) is 5. The molecule has 3 heterocycles. The standard InChI is InChI=1S/C23H34N8O7SSi/c1-22(2,3)37-21(36)27-20-25-13(11-39-20)16(29-38-23(4,5)19(34)35)18(33)26-15-12(24-17(15)32)9-31-10-14(28-30-31)40(6,7)8/h10-12,15H,9H2,1-8H3,(H,24,32)(H,26,33)(H,34,35)(H,25,27,36)/b29-16-/t12-,15+/m1/s1. The molecule has 0 aromatic carbocycles. The minimum Gasteiger partial charge on any atom is -0.478 e. The molecule has 40 heavy (non-hydrogen) atoms. The van der Waals surface area contributed by atoms with Crippen molar-refractivity contribution in [1.29, 1.82) is 0 Å². The fraction of sp³-hybridized carbons (Fsp3) is 0.565. The number of carboxylic acids is 1. The highest BCUT2D eigenvalue weighted by atomic mass is 32.1. The second kappa shape index (κ2) is 11.3. The monoisotopic (exact) mass is 594 g/mol. The molecule has 4 N–H and O–H groups in total. The van der Waals surface area contributed by atoms with Crippen LogP contribution in [0.3, 0.4) is 0 Å². The summed E-state index contributed by atoms with van der Waals surface area (Å²) >= 11 is 0.985. The van der Waals surface area contributed by atoms with Gasteiger partial charge in [0.2, 0.25) is 11.5 Å². The van der Waals surface area contributed by atoms with E-state index in [0.717, 1.165) is 16.7 Å². The van der Waals surface area contributed by atoms with E-state index in [9.17, 15) is 24.3 Å². The van der Waals surface area contributed by atoms with E-state index in [0.29, 0.717) is 0 Å². The van der Waals surface area contributed by atoms with Crippen LogP contribution in [-0.2, 0) is 30.5 Å². The average molecular weight is 595 g/mol. The van der Waals surface area contributed by atoms with Crippen molar-refractivity contribution in [2.45, 2.75) is 84.1 Å². The number of ether oxygens (including phenoxy) is 1. The molecule has 17 heteroatoms. The Morgan fingerprint density at radius 2 is 1.90 bits per heavy atom. The van der Waals surface area contributed by atoms with Crippen LogP contribution in [-0.4, -0.2) is 86.0 Å². The van der Waals surface area contributed by atoms with Crippen molar-refractivity contribution in [2.24, 2.45) is 5.16 Å². The molecule has 3 amide bonds. The number of thiazole rings is 1. The number of carbonyl (C=O) groups is 4. The maximum atomic E-state index is 13.3. The van der Waals surface area contributed by atoms with Gasteiger partial charge in [-0.15, -0.1) is 16.4 Å². The van der Waals surface area contributed by atoms with Crippen molar-refractivity contribution in [3.05, 3.63) is 17.3 Å². The zero-order chi connectivity index (χ0) is 30.0. The lowest BCUT2D eigenvalue weighted by atomic mass is 9.98. The molecule has 1 fully saturated rings. The Hall–Kier alpha value is -3.86.